The number of rotatable bonds is 14. The molecular weight excluding hydrogens is 412 g/mol. The molecule has 0 aliphatic carbocycles. The summed E-state index contributed by atoms with van der Waals surface area (Å²) < 4.78 is 10.4. The molecule has 180 valence electrons. The van der Waals surface area contributed by atoms with E-state index < -0.39 is 0 Å². The summed E-state index contributed by atoms with van der Waals surface area (Å²) >= 11 is 0. The van der Waals surface area contributed by atoms with Gasteiger partial charge in [-0.15, -0.1) is 0 Å². The van der Waals surface area contributed by atoms with Gasteiger partial charge in [0.15, 0.2) is 0 Å². The Labute approximate surface area is 189 Å². The average Bonchev–Trinajstić information content (AvgIpc) is 3.30. The zero-order chi connectivity index (χ0) is 23.1. The Morgan fingerprint density at radius 1 is 0.719 bits per heavy atom. The van der Waals surface area contributed by atoms with Gasteiger partial charge in [-0.05, 0) is 32.1 Å². The molecule has 0 fully saturated rings. The SMILES string of the molecule is C.CC(C)(CCCC(=O)CCCC(=O)CCCC(C)(C)c1cc(=O)[nH]o1)c1cc(=O)[nH]o1. The molecule has 0 radical (unpaired) electrons. The molecule has 2 N–H and O–H groups in total. The summed E-state index contributed by atoms with van der Waals surface area (Å²) in [6.45, 7) is 7.92. The van der Waals surface area contributed by atoms with E-state index in [9.17, 15) is 19.2 Å². The van der Waals surface area contributed by atoms with Gasteiger partial charge < -0.3 is 9.05 Å². The lowest BCUT2D eigenvalue weighted by Gasteiger charge is -2.20. The van der Waals surface area contributed by atoms with Gasteiger partial charge in [0.25, 0.3) is 11.1 Å². The summed E-state index contributed by atoms with van der Waals surface area (Å²) in [6.07, 6.45) is 5.19. The fourth-order valence-corrected chi connectivity index (χ4v) is 3.67. The second kappa shape index (κ2) is 11.8. The molecule has 32 heavy (non-hydrogen) atoms. The van der Waals surface area contributed by atoms with Gasteiger partial charge in [0, 0.05) is 48.6 Å². The predicted molar refractivity (Wildman–Crippen MR) is 123 cm³/mol. The Kier molecular flexibility index (Phi) is 10.1. The third-order valence-electron chi connectivity index (χ3n) is 5.81. The van der Waals surface area contributed by atoms with Crippen molar-refractivity contribution in [3.05, 3.63) is 44.4 Å². The summed E-state index contributed by atoms with van der Waals surface area (Å²) in [6, 6.07) is 2.89. The maximum Gasteiger partial charge on any atom is 0.280 e. The zero-order valence-corrected chi connectivity index (χ0v) is 19.0. The quantitative estimate of drug-likeness (QED) is 0.426. The summed E-state index contributed by atoms with van der Waals surface area (Å²) in [5.74, 6) is 1.50. The minimum atomic E-state index is -0.313. The van der Waals surface area contributed by atoms with Gasteiger partial charge in [-0.2, -0.15) is 10.3 Å². The summed E-state index contributed by atoms with van der Waals surface area (Å²) in [7, 11) is 0. The van der Waals surface area contributed by atoms with Crippen LogP contribution in [0.15, 0.2) is 30.8 Å². The first-order valence-corrected chi connectivity index (χ1v) is 10.9. The van der Waals surface area contributed by atoms with Crippen LogP contribution in [-0.4, -0.2) is 21.9 Å². The highest BCUT2D eigenvalue weighted by Crippen LogP contribution is 2.29. The molecule has 0 aliphatic rings. The van der Waals surface area contributed by atoms with Crippen molar-refractivity contribution in [2.45, 2.75) is 104 Å². The van der Waals surface area contributed by atoms with Crippen molar-refractivity contribution in [1.82, 2.24) is 10.3 Å². The molecule has 0 saturated carbocycles. The standard InChI is InChI=1S/C23H34N2O6.CH4/c1-22(2,18-14-20(28)24-30-18)12-6-10-16(26)8-5-9-17(27)11-7-13-23(3,4)19-15-21(29)25-31-19;/h14-15H,5-13H2,1-4H3,(H,24,28)(H,25,29);1H4. The predicted octanol–water partition coefficient (Wildman–Crippen LogP) is 4.79. The van der Waals surface area contributed by atoms with E-state index in [1.807, 2.05) is 27.7 Å². The van der Waals surface area contributed by atoms with Crippen molar-refractivity contribution in [3.63, 3.8) is 0 Å². The highest BCUT2D eigenvalue weighted by Gasteiger charge is 2.26. The lowest BCUT2D eigenvalue weighted by atomic mass is 9.84. The molecule has 8 heteroatoms. The average molecular weight is 451 g/mol. The van der Waals surface area contributed by atoms with E-state index in [0.717, 1.165) is 12.8 Å². The van der Waals surface area contributed by atoms with Crippen LogP contribution in [0, 0.1) is 0 Å². The van der Waals surface area contributed by atoms with E-state index in [1.54, 1.807) is 0 Å². The van der Waals surface area contributed by atoms with E-state index in [2.05, 4.69) is 10.3 Å². The number of Topliss-reactive ketones (excluding diaryl/α,β-unsaturated/α-hetero) is 2. The lowest BCUT2D eigenvalue weighted by Crippen LogP contribution is -2.17. The fraction of sp³-hybridized carbons (Fsp3) is 0.667. The molecule has 0 aliphatic heterocycles. The van der Waals surface area contributed by atoms with Crippen molar-refractivity contribution in [1.29, 1.82) is 0 Å². The molecule has 8 nitrogen and oxygen atoms in total. The summed E-state index contributed by atoms with van der Waals surface area (Å²) in [5.41, 5.74) is -1.15. The molecule has 2 rings (SSSR count). The van der Waals surface area contributed by atoms with Gasteiger partial charge in [0.05, 0.1) is 0 Å². The molecule has 0 spiro atoms. The minimum Gasteiger partial charge on any atom is -0.383 e. The van der Waals surface area contributed by atoms with E-state index >= 15 is 0 Å². The Morgan fingerprint density at radius 2 is 1.06 bits per heavy atom. The van der Waals surface area contributed by atoms with Gasteiger partial charge in [0.1, 0.15) is 23.1 Å². The highest BCUT2D eigenvalue weighted by molar-refractivity contribution is 5.81. The molecule has 0 bridgehead atoms. The molecule has 0 atom stereocenters. The number of aromatic nitrogens is 2. The zero-order valence-electron chi connectivity index (χ0n) is 19.0. The highest BCUT2D eigenvalue weighted by atomic mass is 16.5. The molecule has 0 unspecified atom stereocenters. The van der Waals surface area contributed by atoms with Crippen LogP contribution in [0.25, 0.3) is 0 Å². The number of nitrogens with one attached hydrogen (secondary N) is 2. The summed E-state index contributed by atoms with van der Waals surface area (Å²) in [4.78, 5) is 46.7. The largest absolute Gasteiger partial charge is 0.383 e. The normalized spacial score (nSPS) is 11.9. The van der Waals surface area contributed by atoms with Crippen LogP contribution in [-0.2, 0) is 20.4 Å². The second-order valence-corrected chi connectivity index (χ2v) is 9.56. The third kappa shape index (κ3) is 8.48. The molecule has 0 saturated heterocycles. The van der Waals surface area contributed by atoms with Crippen LogP contribution in [0.1, 0.15) is 104 Å². The number of hydrogen-bond acceptors (Lipinski definition) is 6. The monoisotopic (exact) mass is 450 g/mol. The first-order chi connectivity index (χ1) is 14.5. The van der Waals surface area contributed by atoms with Crippen LogP contribution in [0.5, 0.6) is 0 Å². The van der Waals surface area contributed by atoms with Gasteiger partial charge >= 0.3 is 0 Å². The number of hydrogen-bond donors (Lipinski definition) is 2. The van der Waals surface area contributed by atoms with Crippen LogP contribution in [0.3, 0.4) is 0 Å². The molecule has 0 aromatic carbocycles. The van der Waals surface area contributed by atoms with Crippen molar-refractivity contribution in [2.75, 3.05) is 0 Å². The van der Waals surface area contributed by atoms with E-state index in [1.165, 1.54) is 12.1 Å². The van der Waals surface area contributed by atoms with Crippen LogP contribution < -0.4 is 11.1 Å². The van der Waals surface area contributed by atoms with Crippen molar-refractivity contribution < 1.29 is 18.6 Å². The third-order valence-corrected chi connectivity index (χ3v) is 5.81. The maximum atomic E-state index is 12.1. The Morgan fingerprint density at radius 3 is 1.38 bits per heavy atom. The van der Waals surface area contributed by atoms with E-state index in [0.29, 0.717) is 56.5 Å². The van der Waals surface area contributed by atoms with E-state index in [4.69, 9.17) is 9.05 Å². The first-order valence-electron chi connectivity index (χ1n) is 10.9. The number of aromatic amines is 2. The van der Waals surface area contributed by atoms with E-state index in [-0.39, 0.29) is 40.9 Å². The lowest BCUT2D eigenvalue weighted by molar-refractivity contribution is -0.120. The second-order valence-electron chi connectivity index (χ2n) is 9.56. The molecule has 0 amide bonds. The van der Waals surface area contributed by atoms with Crippen LogP contribution in [0.2, 0.25) is 0 Å². The smallest absolute Gasteiger partial charge is 0.280 e. The number of ketones is 2. The molecule has 2 heterocycles. The Balaban J connectivity index is 0.00000512. The van der Waals surface area contributed by atoms with Gasteiger partial charge in [-0.3, -0.25) is 19.2 Å². The van der Waals surface area contributed by atoms with Gasteiger partial charge in [-0.1, -0.05) is 35.1 Å². The minimum absolute atomic E-state index is 0. The van der Waals surface area contributed by atoms with Gasteiger partial charge in [0.2, 0.25) is 0 Å². The van der Waals surface area contributed by atoms with Crippen molar-refractivity contribution in [3.8, 4) is 0 Å². The molecule has 2 aromatic heterocycles. The number of carbonyl (C=O) groups excluding carboxylic acids is 2. The first kappa shape index (κ1) is 27.4. The van der Waals surface area contributed by atoms with Crippen molar-refractivity contribution in [2.24, 2.45) is 0 Å². The summed E-state index contributed by atoms with van der Waals surface area (Å²) in [5, 5.41) is 4.59. The van der Waals surface area contributed by atoms with Crippen LogP contribution in [0.4, 0.5) is 0 Å². The maximum absolute atomic E-state index is 12.1. The Bertz CT molecular complexity index is 895. The molecular formula is C24H38N2O6. The topological polar surface area (TPSA) is 126 Å². The Hall–Kier alpha value is -2.64. The fourth-order valence-electron chi connectivity index (χ4n) is 3.67. The molecule has 2 aromatic rings. The number of H-pyrrole nitrogens is 2. The van der Waals surface area contributed by atoms with Crippen molar-refractivity contribution >= 4 is 11.6 Å². The van der Waals surface area contributed by atoms with Gasteiger partial charge in [-0.25, -0.2) is 0 Å². The number of carbonyl (C=O) groups is 2. The van der Waals surface area contributed by atoms with Crippen LogP contribution >= 0.6 is 0 Å².